The number of pyridine rings is 1. The molecule has 0 bridgehead atoms. The number of carboxylic acids is 1. The predicted octanol–water partition coefficient (Wildman–Crippen LogP) is 1.87. The fourth-order valence-electron chi connectivity index (χ4n) is 2.88. The third-order valence-corrected chi connectivity index (χ3v) is 3.84. The second kappa shape index (κ2) is 5.11. The molecule has 20 heavy (non-hydrogen) atoms. The van der Waals surface area contributed by atoms with Gasteiger partial charge in [-0.05, 0) is 37.5 Å². The van der Waals surface area contributed by atoms with Crippen LogP contribution in [0.1, 0.15) is 31.2 Å². The van der Waals surface area contributed by atoms with Crippen LogP contribution in [0.5, 0.6) is 0 Å². The predicted molar refractivity (Wildman–Crippen MR) is 75.0 cm³/mol. The number of aliphatic carboxylic acids is 1. The van der Waals surface area contributed by atoms with Gasteiger partial charge in [0.05, 0.1) is 0 Å². The van der Waals surface area contributed by atoms with Gasteiger partial charge in [0.1, 0.15) is 18.2 Å². The molecule has 2 aromatic heterocycles. The lowest BCUT2D eigenvalue weighted by atomic mass is 10.1. The van der Waals surface area contributed by atoms with Crippen molar-refractivity contribution in [3.63, 3.8) is 0 Å². The number of hydrogen-bond donors (Lipinski definition) is 1. The van der Waals surface area contributed by atoms with Crippen molar-refractivity contribution in [2.24, 2.45) is 0 Å². The van der Waals surface area contributed by atoms with E-state index < -0.39 is 12.0 Å². The van der Waals surface area contributed by atoms with Crippen molar-refractivity contribution in [3.05, 3.63) is 24.0 Å². The van der Waals surface area contributed by atoms with E-state index >= 15 is 0 Å². The van der Waals surface area contributed by atoms with Crippen molar-refractivity contribution >= 4 is 17.4 Å². The summed E-state index contributed by atoms with van der Waals surface area (Å²) in [6.07, 6.45) is 5.23. The highest BCUT2D eigenvalue weighted by atomic mass is 16.4. The third kappa shape index (κ3) is 2.21. The van der Waals surface area contributed by atoms with Gasteiger partial charge in [-0.25, -0.2) is 9.78 Å². The highest BCUT2D eigenvalue weighted by molar-refractivity contribution is 5.78. The molecule has 1 N–H and O–H groups in total. The van der Waals surface area contributed by atoms with E-state index in [0.717, 1.165) is 42.8 Å². The second-order valence-corrected chi connectivity index (χ2v) is 5.32. The van der Waals surface area contributed by atoms with Crippen molar-refractivity contribution in [2.75, 3.05) is 11.4 Å². The normalized spacial score (nSPS) is 20.1. The van der Waals surface area contributed by atoms with Gasteiger partial charge in [-0.15, -0.1) is 0 Å². The molecule has 0 amide bonds. The van der Waals surface area contributed by atoms with Gasteiger partial charge >= 0.3 is 5.97 Å². The minimum absolute atomic E-state index is 0.480. The first-order valence-corrected chi connectivity index (χ1v) is 6.96. The number of nitrogens with zero attached hydrogens (tertiary/aromatic N) is 4. The molecule has 3 rings (SSSR count). The SMILES string of the molecule is Cc1cc(N2CCCCCC2C(=O)O)n2ncnc2c1. The average molecular weight is 274 g/mol. The summed E-state index contributed by atoms with van der Waals surface area (Å²) in [5.41, 5.74) is 1.82. The van der Waals surface area contributed by atoms with Crippen molar-refractivity contribution < 1.29 is 9.90 Å². The van der Waals surface area contributed by atoms with Crippen molar-refractivity contribution in [1.82, 2.24) is 14.6 Å². The van der Waals surface area contributed by atoms with Crippen LogP contribution in [0.3, 0.4) is 0 Å². The molecule has 2 aromatic rings. The maximum absolute atomic E-state index is 11.6. The molecule has 6 nitrogen and oxygen atoms in total. The number of aromatic nitrogens is 3. The van der Waals surface area contributed by atoms with Crippen LogP contribution in [-0.2, 0) is 4.79 Å². The van der Waals surface area contributed by atoms with Crippen LogP contribution < -0.4 is 4.90 Å². The summed E-state index contributed by atoms with van der Waals surface area (Å²) in [4.78, 5) is 17.7. The average Bonchev–Trinajstić information content (AvgIpc) is 2.73. The Kier molecular flexibility index (Phi) is 3.30. The topological polar surface area (TPSA) is 70.7 Å². The smallest absolute Gasteiger partial charge is 0.326 e. The Balaban J connectivity index is 2.10. The molecule has 1 saturated heterocycles. The van der Waals surface area contributed by atoms with Gasteiger partial charge < -0.3 is 10.0 Å². The zero-order chi connectivity index (χ0) is 14.1. The quantitative estimate of drug-likeness (QED) is 0.905. The Bertz CT molecular complexity index is 637. The van der Waals surface area contributed by atoms with Gasteiger partial charge in [-0.3, -0.25) is 0 Å². The number of carboxylic acid groups (broad SMARTS) is 1. The first kappa shape index (κ1) is 12.9. The first-order chi connectivity index (χ1) is 9.66. The standard InChI is InChI=1S/C14H18N4O2/c1-10-7-12-15-9-16-18(12)13(8-10)17-6-4-2-3-5-11(17)14(19)20/h7-9,11H,2-6H2,1H3,(H,19,20). The molecule has 1 fully saturated rings. The van der Waals surface area contributed by atoms with E-state index in [9.17, 15) is 9.90 Å². The van der Waals surface area contributed by atoms with Crippen molar-refractivity contribution in [1.29, 1.82) is 0 Å². The van der Waals surface area contributed by atoms with Crippen LogP contribution in [0.15, 0.2) is 18.5 Å². The fourth-order valence-corrected chi connectivity index (χ4v) is 2.88. The van der Waals surface area contributed by atoms with E-state index in [1.54, 1.807) is 4.52 Å². The number of anilines is 1. The van der Waals surface area contributed by atoms with Gasteiger partial charge in [0.25, 0.3) is 0 Å². The van der Waals surface area contributed by atoms with Crippen molar-refractivity contribution in [2.45, 2.75) is 38.6 Å². The highest BCUT2D eigenvalue weighted by Gasteiger charge is 2.29. The minimum atomic E-state index is -0.762. The molecule has 6 heteroatoms. The van der Waals surface area contributed by atoms with E-state index in [4.69, 9.17) is 0 Å². The number of carbonyl (C=O) groups is 1. The van der Waals surface area contributed by atoms with Gasteiger partial charge in [0, 0.05) is 6.54 Å². The fraction of sp³-hybridized carbons (Fsp3) is 0.500. The first-order valence-electron chi connectivity index (χ1n) is 6.96. The molecule has 1 unspecified atom stereocenters. The van der Waals surface area contributed by atoms with Gasteiger partial charge in [0.15, 0.2) is 5.65 Å². The summed E-state index contributed by atoms with van der Waals surface area (Å²) in [7, 11) is 0. The molecule has 0 saturated carbocycles. The lowest BCUT2D eigenvalue weighted by molar-refractivity contribution is -0.138. The van der Waals surface area contributed by atoms with Gasteiger partial charge in [-0.2, -0.15) is 9.61 Å². The summed E-state index contributed by atoms with van der Waals surface area (Å²) < 4.78 is 1.73. The van der Waals surface area contributed by atoms with Crippen LogP contribution in [0.25, 0.3) is 5.65 Å². The maximum Gasteiger partial charge on any atom is 0.326 e. The zero-order valence-corrected chi connectivity index (χ0v) is 11.5. The van der Waals surface area contributed by atoms with E-state index in [0.29, 0.717) is 6.42 Å². The van der Waals surface area contributed by atoms with Crippen LogP contribution in [0.2, 0.25) is 0 Å². The maximum atomic E-state index is 11.6. The molecule has 0 radical (unpaired) electrons. The molecule has 106 valence electrons. The Morgan fingerprint density at radius 1 is 1.35 bits per heavy atom. The van der Waals surface area contributed by atoms with Crippen LogP contribution in [0, 0.1) is 6.92 Å². The summed E-state index contributed by atoms with van der Waals surface area (Å²) in [5.74, 6) is 0.0634. The Morgan fingerprint density at radius 2 is 2.20 bits per heavy atom. The lowest BCUT2D eigenvalue weighted by Gasteiger charge is -2.29. The molecule has 3 heterocycles. The van der Waals surface area contributed by atoms with E-state index in [1.165, 1.54) is 6.33 Å². The molecule has 0 aromatic carbocycles. The zero-order valence-electron chi connectivity index (χ0n) is 11.5. The van der Waals surface area contributed by atoms with Crippen molar-refractivity contribution in [3.8, 4) is 0 Å². The van der Waals surface area contributed by atoms with E-state index in [-0.39, 0.29) is 0 Å². The van der Waals surface area contributed by atoms with Crippen LogP contribution >= 0.6 is 0 Å². The number of rotatable bonds is 2. The van der Waals surface area contributed by atoms with Crippen LogP contribution in [-0.4, -0.2) is 38.3 Å². The molecule has 1 aliphatic rings. The van der Waals surface area contributed by atoms with E-state index in [1.807, 2.05) is 24.0 Å². The van der Waals surface area contributed by atoms with Gasteiger partial charge in [0.2, 0.25) is 0 Å². The molecule has 0 aliphatic carbocycles. The van der Waals surface area contributed by atoms with Gasteiger partial charge in [-0.1, -0.05) is 12.8 Å². The molecular formula is C14H18N4O2. The monoisotopic (exact) mass is 274 g/mol. The minimum Gasteiger partial charge on any atom is -0.480 e. The summed E-state index contributed by atoms with van der Waals surface area (Å²) in [6.45, 7) is 2.74. The Morgan fingerprint density at radius 3 is 3.00 bits per heavy atom. The highest BCUT2D eigenvalue weighted by Crippen LogP contribution is 2.25. The summed E-state index contributed by atoms with van der Waals surface area (Å²) in [6, 6.07) is 3.46. The number of hydrogen-bond acceptors (Lipinski definition) is 4. The Labute approximate surface area is 117 Å². The largest absolute Gasteiger partial charge is 0.480 e. The number of fused-ring (bicyclic) bond motifs is 1. The summed E-state index contributed by atoms with van der Waals surface area (Å²) >= 11 is 0. The van der Waals surface area contributed by atoms with Crippen LogP contribution in [0.4, 0.5) is 5.82 Å². The summed E-state index contributed by atoms with van der Waals surface area (Å²) in [5, 5.41) is 13.7. The molecular weight excluding hydrogens is 256 g/mol. The van der Waals surface area contributed by atoms with E-state index in [2.05, 4.69) is 10.1 Å². The molecule has 1 aliphatic heterocycles. The number of aryl methyl sites for hydroxylation is 1. The molecule has 0 spiro atoms. The molecule has 1 atom stereocenters. The third-order valence-electron chi connectivity index (χ3n) is 3.84. The Hall–Kier alpha value is -2.11. The lowest BCUT2D eigenvalue weighted by Crippen LogP contribution is -2.42. The second-order valence-electron chi connectivity index (χ2n) is 5.32.